The molecule has 0 amide bonds. The van der Waals surface area contributed by atoms with Gasteiger partial charge >= 0.3 is 5.97 Å². The average molecular weight is 374 g/mol. The van der Waals surface area contributed by atoms with Gasteiger partial charge in [-0.15, -0.1) is 0 Å². The van der Waals surface area contributed by atoms with E-state index in [1.807, 2.05) is 67.6 Å². The third-order valence-electron chi connectivity index (χ3n) is 4.21. The van der Waals surface area contributed by atoms with Crippen LogP contribution in [-0.2, 0) is 11.2 Å². The van der Waals surface area contributed by atoms with Crippen molar-refractivity contribution >= 4 is 11.5 Å². The van der Waals surface area contributed by atoms with Crippen LogP contribution in [0.2, 0.25) is 0 Å². The molecule has 0 aliphatic carbocycles. The summed E-state index contributed by atoms with van der Waals surface area (Å²) in [6.45, 7) is 2.47. The summed E-state index contributed by atoms with van der Waals surface area (Å²) in [7, 11) is 0. The van der Waals surface area contributed by atoms with Crippen LogP contribution in [0.15, 0.2) is 84.9 Å². The number of para-hydroxylation sites is 1. The number of carboxylic acid groups (broad SMARTS) is 1. The van der Waals surface area contributed by atoms with E-state index < -0.39 is 5.97 Å². The Balaban J connectivity index is 1.54. The zero-order chi connectivity index (χ0) is 19.8. The first-order chi connectivity index (χ1) is 13.6. The van der Waals surface area contributed by atoms with E-state index in [4.69, 9.17) is 14.6 Å². The van der Waals surface area contributed by atoms with Crippen LogP contribution in [0.25, 0.3) is 5.57 Å². The molecule has 1 N–H and O–H groups in total. The van der Waals surface area contributed by atoms with E-state index in [-0.39, 0.29) is 6.42 Å². The van der Waals surface area contributed by atoms with Gasteiger partial charge < -0.3 is 14.6 Å². The van der Waals surface area contributed by atoms with E-state index in [0.717, 1.165) is 28.2 Å². The number of carbonyl (C=O) groups is 1. The van der Waals surface area contributed by atoms with Crippen molar-refractivity contribution in [2.24, 2.45) is 0 Å². The maximum absolute atomic E-state index is 10.7. The first-order valence-corrected chi connectivity index (χ1v) is 9.04. The molecule has 0 spiro atoms. The number of hydrogen-bond donors (Lipinski definition) is 1. The Labute approximate surface area is 164 Å². The molecule has 0 bridgehead atoms. The fourth-order valence-corrected chi connectivity index (χ4v) is 2.67. The van der Waals surface area contributed by atoms with E-state index in [1.165, 1.54) is 0 Å². The van der Waals surface area contributed by atoms with Crippen LogP contribution in [0.4, 0.5) is 0 Å². The molecule has 0 saturated heterocycles. The van der Waals surface area contributed by atoms with Crippen LogP contribution in [-0.4, -0.2) is 17.7 Å². The highest BCUT2D eigenvalue weighted by Crippen LogP contribution is 2.23. The molecule has 0 saturated carbocycles. The molecule has 0 heterocycles. The molecule has 0 atom stereocenters. The van der Waals surface area contributed by atoms with Crippen LogP contribution >= 0.6 is 0 Å². The van der Waals surface area contributed by atoms with Gasteiger partial charge in [0.05, 0.1) is 6.42 Å². The number of allylic oxidation sites excluding steroid dienone is 1. The molecule has 3 aromatic rings. The number of aliphatic carboxylic acids is 1. The lowest BCUT2D eigenvalue weighted by Gasteiger charge is -2.08. The molecule has 0 aromatic heterocycles. The Hall–Kier alpha value is -3.53. The monoisotopic (exact) mass is 374 g/mol. The van der Waals surface area contributed by atoms with E-state index in [9.17, 15) is 4.79 Å². The summed E-state index contributed by atoms with van der Waals surface area (Å²) in [6.07, 6.45) is 2.03. The van der Waals surface area contributed by atoms with Crippen molar-refractivity contribution in [1.82, 2.24) is 0 Å². The highest BCUT2D eigenvalue weighted by molar-refractivity contribution is 5.70. The van der Waals surface area contributed by atoms with Gasteiger partial charge in [0.15, 0.2) is 0 Å². The zero-order valence-electron chi connectivity index (χ0n) is 15.7. The van der Waals surface area contributed by atoms with Gasteiger partial charge in [-0.3, -0.25) is 4.79 Å². The Morgan fingerprint density at radius 2 is 1.46 bits per heavy atom. The third-order valence-corrected chi connectivity index (χ3v) is 4.21. The Morgan fingerprint density at radius 1 is 0.857 bits per heavy atom. The summed E-state index contributed by atoms with van der Waals surface area (Å²) in [5, 5.41) is 8.79. The molecule has 0 aliphatic rings. The number of ether oxygens (including phenoxy) is 2. The highest BCUT2D eigenvalue weighted by Gasteiger charge is 2.02. The van der Waals surface area contributed by atoms with Gasteiger partial charge in [-0.05, 0) is 66.1 Å². The SMILES string of the molecule is C/C(=C\COc1ccc(CC(=O)O)cc1)c1ccc(Oc2ccccc2)cc1. The van der Waals surface area contributed by atoms with Crippen molar-refractivity contribution < 1.29 is 19.4 Å². The van der Waals surface area contributed by atoms with E-state index in [2.05, 4.69) is 0 Å². The molecular weight excluding hydrogens is 352 g/mol. The number of benzene rings is 3. The molecule has 28 heavy (non-hydrogen) atoms. The summed E-state index contributed by atoms with van der Waals surface area (Å²) >= 11 is 0. The standard InChI is InChI=1S/C24H22O4/c1-18(15-16-27-21-11-7-19(8-12-21)17-24(25)26)20-9-13-23(14-10-20)28-22-5-3-2-4-6-22/h2-15H,16-17H2,1H3,(H,25,26)/b18-15+. The van der Waals surface area contributed by atoms with E-state index >= 15 is 0 Å². The Kier molecular flexibility index (Phi) is 6.47. The predicted octanol–water partition coefficient (Wildman–Crippen LogP) is 5.59. The first kappa shape index (κ1) is 19.2. The second kappa shape index (κ2) is 9.42. The second-order valence-electron chi connectivity index (χ2n) is 6.35. The normalized spacial score (nSPS) is 11.1. The summed E-state index contributed by atoms with van der Waals surface area (Å²) in [6, 6.07) is 24.7. The Bertz CT molecular complexity index is 927. The minimum Gasteiger partial charge on any atom is -0.490 e. The van der Waals surface area contributed by atoms with Gasteiger partial charge in [0.2, 0.25) is 0 Å². The molecule has 0 radical (unpaired) electrons. The first-order valence-electron chi connectivity index (χ1n) is 9.04. The molecule has 4 heteroatoms. The molecule has 3 rings (SSSR count). The van der Waals surface area contributed by atoms with Crippen molar-refractivity contribution in [2.75, 3.05) is 6.61 Å². The molecule has 4 nitrogen and oxygen atoms in total. The zero-order valence-corrected chi connectivity index (χ0v) is 15.7. The minimum atomic E-state index is -0.840. The molecular formula is C24H22O4. The maximum atomic E-state index is 10.7. The van der Waals surface area contributed by atoms with Gasteiger partial charge in [-0.2, -0.15) is 0 Å². The fourth-order valence-electron chi connectivity index (χ4n) is 2.67. The van der Waals surface area contributed by atoms with Crippen molar-refractivity contribution in [3.05, 3.63) is 96.1 Å². The summed E-state index contributed by atoms with van der Waals surface area (Å²) in [4.78, 5) is 10.7. The van der Waals surface area contributed by atoms with Crippen LogP contribution in [0.1, 0.15) is 18.1 Å². The minimum absolute atomic E-state index is 0.0171. The molecule has 142 valence electrons. The molecule has 0 fully saturated rings. The van der Waals surface area contributed by atoms with Crippen molar-refractivity contribution in [2.45, 2.75) is 13.3 Å². The second-order valence-corrected chi connectivity index (χ2v) is 6.35. The van der Waals surface area contributed by atoms with E-state index in [0.29, 0.717) is 12.4 Å². The smallest absolute Gasteiger partial charge is 0.307 e. The van der Waals surface area contributed by atoms with Crippen LogP contribution in [0.5, 0.6) is 17.2 Å². The van der Waals surface area contributed by atoms with Gasteiger partial charge in [0.25, 0.3) is 0 Å². The van der Waals surface area contributed by atoms with Crippen molar-refractivity contribution in [3.8, 4) is 17.2 Å². The highest BCUT2D eigenvalue weighted by atomic mass is 16.5. The number of rotatable bonds is 8. The van der Waals surface area contributed by atoms with E-state index in [1.54, 1.807) is 24.3 Å². The summed E-state index contributed by atoms with van der Waals surface area (Å²) < 4.78 is 11.5. The van der Waals surface area contributed by atoms with Crippen molar-refractivity contribution in [3.63, 3.8) is 0 Å². The lowest BCUT2D eigenvalue weighted by molar-refractivity contribution is -0.136. The molecule has 3 aromatic carbocycles. The molecule has 0 aliphatic heterocycles. The molecule has 0 unspecified atom stereocenters. The van der Waals surface area contributed by atoms with Gasteiger partial charge in [-0.1, -0.05) is 42.5 Å². The number of carboxylic acids is 1. The topological polar surface area (TPSA) is 55.8 Å². The van der Waals surface area contributed by atoms with Crippen LogP contribution < -0.4 is 9.47 Å². The summed E-state index contributed by atoms with van der Waals surface area (Å²) in [5.74, 6) is 1.47. The lowest BCUT2D eigenvalue weighted by Crippen LogP contribution is -2.00. The average Bonchev–Trinajstić information content (AvgIpc) is 2.70. The Morgan fingerprint density at radius 3 is 2.11 bits per heavy atom. The quantitative estimate of drug-likeness (QED) is 0.558. The third kappa shape index (κ3) is 5.74. The maximum Gasteiger partial charge on any atom is 0.307 e. The lowest BCUT2D eigenvalue weighted by atomic mass is 10.1. The number of hydrogen-bond acceptors (Lipinski definition) is 3. The van der Waals surface area contributed by atoms with Gasteiger partial charge in [0, 0.05) is 0 Å². The largest absolute Gasteiger partial charge is 0.490 e. The van der Waals surface area contributed by atoms with Gasteiger partial charge in [0.1, 0.15) is 23.9 Å². The summed E-state index contributed by atoms with van der Waals surface area (Å²) in [5.41, 5.74) is 2.96. The fraction of sp³-hybridized carbons (Fsp3) is 0.125. The predicted molar refractivity (Wildman–Crippen MR) is 110 cm³/mol. The van der Waals surface area contributed by atoms with Crippen LogP contribution in [0.3, 0.4) is 0 Å². The van der Waals surface area contributed by atoms with Crippen LogP contribution in [0, 0.1) is 0 Å². The van der Waals surface area contributed by atoms with Crippen molar-refractivity contribution in [1.29, 1.82) is 0 Å². The van der Waals surface area contributed by atoms with Gasteiger partial charge in [-0.25, -0.2) is 0 Å².